The Hall–Kier alpha value is -0.860. The lowest BCUT2D eigenvalue weighted by Crippen LogP contribution is -2.00. The van der Waals surface area contributed by atoms with Crippen molar-refractivity contribution in [3.05, 3.63) is 34.9 Å². The predicted molar refractivity (Wildman–Crippen MR) is 94.9 cm³/mol. The van der Waals surface area contributed by atoms with Crippen molar-refractivity contribution in [1.29, 1.82) is 0 Å². The molecule has 1 aliphatic rings. The Balaban J connectivity index is 2.07. The molecule has 2 heteroatoms. The van der Waals surface area contributed by atoms with E-state index in [9.17, 15) is 0 Å². The minimum absolute atomic E-state index is 0.322. The van der Waals surface area contributed by atoms with Crippen LogP contribution in [0, 0.1) is 11.8 Å². The third kappa shape index (κ3) is 9.22. The van der Waals surface area contributed by atoms with E-state index in [0.717, 1.165) is 32.3 Å². The Bertz CT molecular complexity index is 400. The van der Waals surface area contributed by atoms with Crippen molar-refractivity contribution in [2.75, 3.05) is 19.8 Å². The first kappa shape index (κ1) is 19.2. The molecule has 2 unspecified atom stereocenters. The molecule has 0 spiro atoms. The smallest absolute Gasteiger partial charge is 0.0650 e. The van der Waals surface area contributed by atoms with E-state index in [-0.39, 0.29) is 0 Å². The number of hydrogen-bond acceptors (Lipinski definition) is 2. The summed E-state index contributed by atoms with van der Waals surface area (Å²) >= 11 is 0. The van der Waals surface area contributed by atoms with Gasteiger partial charge in [-0.1, -0.05) is 34.9 Å². The molecule has 1 N–H and O–H groups in total. The van der Waals surface area contributed by atoms with Crippen LogP contribution in [0.2, 0.25) is 0 Å². The van der Waals surface area contributed by atoms with Crippen LogP contribution in [-0.4, -0.2) is 24.9 Å². The zero-order valence-corrected chi connectivity index (χ0v) is 14.9. The summed E-state index contributed by atoms with van der Waals surface area (Å²) in [6.07, 6.45) is 12.6. The van der Waals surface area contributed by atoms with Gasteiger partial charge in [0.2, 0.25) is 0 Å². The van der Waals surface area contributed by atoms with Crippen molar-refractivity contribution < 1.29 is 9.84 Å². The molecule has 1 aliphatic carbocycles. The molecule has 1 rings (SSSR count). The first-order valence-electron chi connectivity index (χ1n) is 8.66. The fourth-order valence-electron chi connectivity index (χ4n) is 2.50. The van der Waals surface area contributed by atoms with Crippen LogP contribution < -0.4 is 0 Å². The average Bonchev–Trinajstić information content (AvgIpc) is 3.22. The monoisotopic (exact) mass is 306 g/mol. The van der Waals surface area contributed by atoms with E-state index >= 15 is 0 Å². The molecule has 0 aromatic heterocycles. The van der Waals surface area contributed by atoms with E-state index in [1.54, 1.807) is 0 Å². The summed E-state index contributed by atoms with van der Waals surface area (Å²) in [5.41, 5.74) is 4.30. The largest absolute Gasteiger partial charge is 0.396 e. The van der Waals surface area contributed by atoms with E-state index in [2.05, 4.69) is 45.9 Å². The second kappa shape index (κ2) is 10.8. The number of allylic oxidation sites excluding steroid dienone is 5. The summed E-state index contributed by atoms with van der Waals surface area (Å²) in [5, 5.41) is 8.97. The van der Waals surface area contributed by atoms with Gasteiger partial charge < -0.3 is 9.84 Å². The summed E-state index contributed by atoms with van der Waals surface area (Å²) in [4.78, 5) is 0. The lowest BCUT2D eigenvalue weighted by atomic mass is 10.1. The molecule has 1 fully saturated rings. The molecule has 0 aromatic rings. The summed E-state index contributed by atoms with van der Waals surface area (Å²) in [5.74, 6) is 1.11. The fourth-order valence-corrected chi connectivity index (χ4v) is 2.50. The van der Waals surface area contributed by atoms with Gasteiger partial charge in [-0.25, -0.2) is 0 Å². The maximum Gasteiger partial charge on any atom is 0.0650 e. The van der Waals surface area contributed by atoms with Crippen LogP contribution in [0.5, 0.6) is 0 Å². The summed E-state index contributed by atoms with van der Waals surface area (Å²) < 4.78 is 5.65. The van der Waals surface area contributed by atoms with Crippen molar-refractivity contribution >= 4 is 0 Å². The van der Waals surface area contributed by atoms with Crippen LogP contribution in [0.3, 0.4) is 0 Å². The van der Waals surface area contributed by atoms with Crippen molar-refractivity contribution in [2.45, 2.75) is 59.8 Å². The third-order valence-corrected chi connectivity index (χ3v) is 4.31. The maximum atomic E-state index is 8.97. The third-order valence-electron chi connectivity index (χ3n) is 4.31. The van der Waals surface area contributed by atoms with Crippen LogP contribution in [-0.2, 0) is 4.74 Å². The van der Waals surface area contributed by atoms with Gasteiger partial charge in [0.1, 0.15) is 0 Å². The minimum Gasteiger partial charge on any atom is -0.396 e. The number of ether oxygens (including phenoxy) is 1. The van der Waals surface area contributed by atoms with Crippen molar-refractivity contribution in [3.8, 4) is 0 Å². The molecular formula is C20H34O2. The van der Waals surface area contributed by atoms with Gasteiger partial charge in [-0.3, -0.25) is 0 Å². The number of aliphatic hydroxyl groups excluding tert-OH is 1. The van der Waals surface area contributed by atoms with Crippen LogP contribution in [0.25, 0.3) is 0 Å². The summed E-state index contributed by atoms with van der Waals surface area (Å²) in [6.45, 7) is 10.6. The molecule has 0 amide bonds. The molecule has 2 atom stereocenters. The van der Waals surface area contributed by atoms with E-state index in [4.69, 9.17) is 9.84 Å². The van der Waals surface area contributed by atoms with E-state index in [1.807, 2.05) is 0 Å². The SMILES string of the molecule is CC(C)=CCC/C(C)=C/CC/C(C)=C/COCC1CC1CO. The van der Waals surface area contributed by atoms with Gasteiger partial charge in [0.15, 0.2) is 0 Å². The quantitative estimate of drug-likeness (QED) is 0.427. The molecule has 22 heavy (non-hydrogen) atoms. The van der Waals surface area contributed by atoms with Gasteiger partial charge in [0.25, 0.3) is 0 Å². The molecule has 0 radical (unpaired) electrons. The van der Waals surface area contributed by atoms with Crippen molar-refractivity contribution in [3.63, 3.8) is 0 Å². The number of aliphatic hydroxyl groups is 1. The fraction of sp³-hybridized carbons (Fsp3) is 0.700. The van der Waals surface area contributed by atoms with Crippen LogP contribution in [0.1, 0.15) is 59.8 Å². The zero-order valence-electron chi connectivity index (χ0n) is 14.9. The second-order valence-electron chi connectivity index (χ2n) is 6.94. The summed E-state index contributed by atoms with van der Waals surface area (Å²) in [7, 11) is 0. The molecule has 0 aliphatic heterocycles. The topological polar surface area (TPSA) is 29.5 Å². The minimum atomic E-state index is 0.322. The summed E-state index contributed by atoms with van der Waals surface area (Å²) in [6, 6.07) is 0. The molecule has 2 nitrogen and oxygen atoms in total. The van der Waals surface area contributed by atoms with Gasteiger partial charge in [-0.05, 0) is 71.6 Å². The van der Waals surface area contributed by atoms with Gasteiger partial charge in [-0.15, -0.1) is 0 Å². The number of rotatable bonds is 11. The molecule has 1 saturated carbocycles. The Morgan fingerprint density at radius 1 is 0.955 bits per heavy atom. The lowest BCUT2D eigenvalue weighted by Gasteiger charge is -2.03. The van der Waals surface area contributed by atoms with E-state index < -0.39 is 0 Å². The van der Waals surface area contributed by atoms with Gasteiger partial charge in [0.05, 0.1) is 13.2 Å². The van der Waals surface area contributed by atoms with Gasteiger partial charge in [0, 0.05) is 6.61 Å². The molecule has 0 aromatic carbocycles. The normalized spacial score (nSPS) is 21.9. The lowest BCUT2D eigenvalue weighted by molar-refractivity contribution is 0.141. The highest BCUT2D eigenvalue weighted by Gasteiger charge is 2.35. The van der Waals surface area contributed by atoms with Gasteiger partial charge in [-0.2, -0.15) is 0 Å². The van der Waals surface area contributed by atoms with Crippen LogP contribution >= 0.6 is 0 Å². The average molecular weight is 306 g/mol. The van der Waals surface area contributed by atoms with Crippen LogP contribution in [0.4, 0.5) is 0 Å². The molecule has 126 valence electrons. The van der Waals surface area contributed by atoms with E-state index in [1.165, 1.54) is 23.1 Å². The molecular weight excluding hydrogens is 272 g/mol. The molecule has 0 saturated heterocycles. The van der Waals surface area contributed by atoms with Gasteiger partial charge >= 0.3 is 0 Å². The van der Waals surface area contributed by atoms with Crippen molar-refractivity contribution in [1.82, 2.24) is 0 Å². The Kier molecular flexibility index (Phi) is 9.42. The zero-order chi connectivity index (χ0) is 16.4. The maximum absolute atomic E-state index is 8.97. The second-order valence-corrected chi connectivity index (χ2v) is 6.94. The first-order valence-corrected chi connectivity index (χ1v) is 8.66. The molecule has 0 heterocycles. The highest BCUT2D eigenvalue weighted by Crippen LogP contribution is 2.37. The predicted octanol–water partition coefficient (Wildman–Crippen LogP) is 5.05. The Morgan fingerprint density at radius 2 is 1.59 bits per heavy atom. The highest BCUT2D eigenvalue weighted by atomic mass is 16.5. The highest BCUT2D eigenvalue weighted by molar-refractivity contribution is 5.05. The standard InChI is InChI=1S/C20H34O2/c1-16(2)7-5-8-17(3)9-6-10-18(4)11-12-22-15-20-13-19(20)14-21/h7,9,11,19-21H,5-6,8,10,12-15H2,1-4H3/b17-9+,18-11+. The first-order chi connectivity index (χ1) is 10.5. The Morgan fingerprint density at radius 3 is 2.18 bits per heavy atom. The van der Waals surface area contributed by atoms with Crippen molar-refractivity contribution in [2.24, 2.45) is 11.8 Å². The number of hydrogen-bond donors (Lipinski definition) is 1. The van der Waals surface area contributed by atoms with E-state index in [0.29, 0.717) is 25.0 Å². The Labute approximate surface area is 137 Å². The van der Waals surface area contributed by atoms with Crippen LogP contribution in [0.15, 0.2) is 34.9 Å². The molecule has 0 bridgehead atoms.